The number of hydrogen-bond donors (Lipinski definition) is 0. The SMILES string of the molecule is CCOC(=O)C1CCCN1CC(C#N)C(F)(F)F. The minimum Gasteiger partial charge on any atom is -0.465 e. The minimum atomic E-state index is -4.56. The zero-order chi connectivity index (χ0) is 13.8. The van der Waals surface area contributed by atoms with Crippen molar-refractivity contribution in [3.05, 3.63) is 0 Å². The van der Waals surface area contributed by atoms with Crippen LogP contribution in [0.5, 0.6) is 0 Å². The summed E-state index contributed by atoms with van der Waals surface area (Å²) in [4.78, 5) is 12.9. The summed E-state index contributed by atoms with van der Waals surface area (Å²) in [5, 5.41) is 8.54. The van der Waals surface area contributed by atoms with Crippen LogP contribution in [-0.4, -0.2) is 42.8 Å². The monoisotopic (exact) mass is 264 g/mol. The van der Waals surface area contributed by atoms with E-state index in [1.807, 2.05) is 0 Å². The number of alkyl halides is 3. The van der Waals surface area contributed by atoms with Gasteiger partial charge in [-0.2, -0.15) is 18.4 Å². The minimum absolute atomic E-state index is 0.199. The summed E-state index contributed by atoms with van der Waals surface area (Å²) in [7, 11) is 0. The normalized spacial score (nSPS) is 22.5. The summed E-state index contributed by atoms with van der Waals surface area (Å²) >= 11 is 0. The molecule has 1 fully saturated rings. The van der Waals surface area contributed by atoms with Gasteiger partial charge in [0.15, 0.2) is 5.92 Å². The van der Waals surface area contributed by atoms with E-state index in [0.29, 0.717) is 19.4 Å². The molecule has 0 aromatic carbocycles. The average molecular weight is 264 g/mol. The molecule has 1 heterocycles. The molecule has 0 radical (unpaired) electrons. The third-order valence-corrected chi connectivity index (χ3v) is 2.89. The van der Waals surface area contributed by atoms with Gasteiger partial charge in [0.05, 0.1) is 12.7 Å². The third kappa shape index (κ3) is 3.60. The number of esters is 1. The van der Waals surface area contributed by atoms with Crippen molar-refractivity contribution in [2.75, 3.05) is 19.7 Å². The molecule has 102 valence electrons. The molecule has 1 aliphatic heterocycles. The number of halogens is 3. The van der Waals surface area contributed by atoms with Gasteiger partial charge in [0.1, 0.15) is 6.04 Å². The Hall–Kier alpha value is -1.29. The molecule has 0 saturated carbocycles. The van der Waals surface area contributed by atoms with E-state index in [1.54, 1.807) is 6.92 Å². The summed E-state index contributed by atoms with van der Waals surface area (Å²) in [6, 6.07) is 0.592. The highest BCUT2D eigenvalue weighted by Gasteiger charge is 2.43. The number of rotatable bonds is 4. The van der Waals surface area contributed by atoms with Gasteiger partial charge in [0, 0.05) is 6.54 Å². The third-order valence-electron chi connectivity index (χ3n) is 2.89. The van der Waals surface area contributed by atoms with Gasteiger partial charge >= 0.3 is 12.1 Å². The zero-order valence-electron chi connectivity index (χ0n) is 10.0. The van der Waals surface area contributed by atoms with Gasteiger partial charge in [-0.25, -0.2) is 0 Å². The fourth-order valence-corrected chi connectivity index (χ4v) is 2.00. The first-order valence-electron chi connectivity index (χ1n) is 5.77. The van der Waals surface area contributed by atoms with Gasteiger partial charge in [-0.15, -0.1) is 0 Å². The summed E-state index contributed by atoms with van der Waals surface area (Å²) in [5.74, 6) is -2.57. The Balaban J connectivity index is 2.65. The molecular weight excluding hydrogens is 249 g/mol. The smallest absolute Gasteiger partial charge is 0.405 e. The number of carbonyl (C=O) groups is 1. The molecule has 18 heavy (non-hydrogen) atoms. The molecule has 0 amide bonds. The second-order valence-electron chi connectivity index (χ2n) is 4.13. The highest BCUT2D eigenvalue weighted by Crippen LogP contribution is 2.29. The lowest BCUT2D eigenvalue weighted by Crippen LogP contribution is -2.42. The van der Waals surface area contributed by atoms with Crippen LogP contribution in [0.15, 0.2) is 0 Å². The number of nitrogens with zero attached hydrogens (tertiary/aromatic N) is 2. The Kier molecular flexibility index (Phi) is 4.96. The molecule has 7 heteroatoms. The van der Waals surface area contributed by atoms with E-state index in [4.69, 9.17) is 10.00 Å². The summed E-state index contributed by atoms with van der Waals surface area (Å²) < 4.78 is 42.3. The van der Waals surface area contributed by atoms with Gasteiger partial charge < -0.3 is 4.74 Å². The average Bonchev–Trinajstić information content (AvgIpc) is 2.72. The largest absolute Gasteiger partial charge is 0.465 e. The van der Waals surface area contributed by atoms with Crippen molar-refractivity contribution in [2.45, 2.75) is 32.0 Å². The molecule has 0 bridgehead atoms. The number of ether oxygens (including phenoxy) is 1. The quantitative estimate of drug-likeness (QED) is 0.725. The van der Waals surface area contributed by atoms with E-state index < -0.39 is 30.7 Å². The molecule has 0 aromatic rings. The van der Waals surface area contributed by atoms with Crippen molar-refractivity contribution in [1.82, 2.24) is 4.90 Å². The lowest BCUT2D eigenvalue weighted by molar-refractivity contribution is -0.167. The van der Waals surface area contributed by atoms with Gasteiger partial charge in [-0.1, -0.05) is 0 Å². The second kappa shape index (κ2) is 6.05. The maximum Gasteiger partial charge on any atom is 0.405 e. The van der Waals surface area contributed by atoms with E-state index in [-0.39, 0.29) is 6.61 Å². The Morgan fingerprint density at radius 3 is 2.78 bits per heavy atom. The van der Waals surface area contributed by atoms with Crippen molar-refractivity contribution in [2.24, 2.45) is 5.92 Å². The van der Waals surface area contributed by atoms with Crippen molar-refractivity contribution in [3.8, 4) is 6.07 Å². The van der Waals surface area contributed by atoms with Gasteiger partial charge in [-0.3, -0.25) is 9.69 Å². The van der Waals surface area contributed by atoms with Crippen LogP contribution in [0.2, 0.25) is 0 Å². The Labute approximate surface area is 103 Å². The molecule has 2 unspecified atom stereocenters. The molecule has 0 aliphatic carbocycles. The molecule has 1 aliphatic rings. The summed E-state index contributed by atoms with van der Waals surface area (Å²) in [6.45, 7) is 1.76. The van der Waals surface area contributed by atoms with Gasteiger partial charge in [-0.05, 0) is 26.3 Å². The van der Waals surface area contributed by atoms with Crippen LogP contribution in [0.3, 0.4) is 0 Å². The topological polar surface area (TPSA) is 53.3 Å². The molecule has 1 rings (SSSR count). The first kappa shape index (κ1) is 14.8. The van der Waals surface area contributed by atoms with E-state index in [1.165, 1.54) is 11.0 Å². The highest BCUT2D eigenvalue weighted by atomic mass is 19.4. The maximum absolute atomic E-state index is 12.5. The van der Waals surface area contributed by atoms with Crippen molar-refractivity contribution in [1.29, 1.82) is 5.26 Å². The van der Waals surface area contributed by atoms with Crippen LogP contribution in [0, 0.1) is 17.2 Å². The fraction of sp³-hybridized carbons (Fsp3) is 0.818. The molecule has 0 spiro atoms. The van der Waals surface area contributed by atoms with Gasteiger partial charge in [0.2, 0.25) is 0 Å². The predicted molar refractivity (Wildman–Crippen MR) is 56.4 cm³/mol. The maximum atomic E-state index is 12.5. The van der Waals surface area contributed by atoms with Crippen LogP contribution < -0.4 is 0 Å². The number of likely N-dealkylation sites (tertiary alicyclic amines) is 1. The predicted octanol–water partition coefficient (Wildman–Crippen LogP) is 1.72. The van der Waals surface area contributed by atoms with E-state index in [9.17, 15) is 18.0 Å². The number of nitriles is 1. The van der Waals surface area contributed by atoms with Gasteiger partial charge in [0.25, 0.3) is 0 Å². The highest BCUT2D eigenvalue weighted by molar-refractivity contribution is 5.76. The molecule has 0 N–H and O–H groups in total. The fourth-order valence-electron chi connectivity index (χ4n) is 2.00. The zero-order valence-corrected chi connectivity index (χ0v) is 10.0. The first-order valence-corrected chi connectivity index (χ1v) is 5.77. The number of hydrogen-bond acceptors (Lipinski definition) is 4. The molecule has 2 atom stereocenters. The van der Waals surface area contributed by atoms with Crippen molar-refractivity contribution >= 4 is 5.97 Å². The van der Waals surface area contributed by atoms with Crippen LogP contribution in [0.25, 0.3) is 0 Å². The lowest BCUT2D eigenvalue weighted by Gasteiger charge is -2.25. The van der Waals surface area contributed by atoms with Crippen LogP contribution in [-0.2, 0) is 9.53 Å². The Morgan fingerprint density at radius 2 is 2.28 bits per heavy atom. The van der Waals surface area contributed by atoms with E-state index in [2.05, 4.69) is 0 Å². The Bertz CT molecular complexity index is 338. The first-order chi connectivity index (χ1) is 8.40. The molecule has 1 saturated heterocycles. The molecule has 0 aromatic heterocycles. The summed E-state index contributed by atoms with van der Waals surface area (Å²) in [5.41, 5.74) is 0. The standard InChI is InChI=1S/C11H15F3N2O2/c1-2-18-10(17)9-4-3-5-16(9)7-8(6-15)11(12,13)14/h8-9H,2-5,7H2,1H3. The van der Waals surface area contributed by atoms with Crippen LogP contribution in [0.1, 0.15) is 19.8 Å². The Morgan fingerprint density at radius 1 is 1.61 bits per heavy atom. The summed E-state index contributed by atoms with van der Waals surface area (Å²) in [6.07, 6.45) is -3.44. The van der Waals surface area contributed by atoms with Crippen molar-refractivity contribution in [3.63, 3.8) is 0 Å². The van der Waals surface area contributed by atoms with E-state index >= 15 is 0 Å². The molecular formula is C11H15F3N2O2. The number of carbonyl (C=O) groups excluding carboxylic acids is 1. The van der Waals surface area contributed by atoms with Crippen molar-refractivity contribution < 1.29 is 22.7 Å². The van der Waals surface area contributed by atoms with Crippen LogP contribution in [0.4, 0.5) is 13.2 Å². The van der Waals surface area contributed by atoms with Crippen LogP contribution >= 0.6 is 0 Å². The van der Waals surface area contributed by atoms with E-state index in [0.717, 1.165) is 0 Å². The second-order valence-corrected chi connectivity index (χ2v) is 4.13. The molecule has 4 nitrogen and oxygen atoms in total. The lowest BCUT2D eigenvalue weighted by atomic mass is 10.1.